The molecule has 0 spiro atoms. The number of fused-ring (bicyclic) bond motifs is 2. The minimum absolute atomic E-state index is 0.234. The second-order valence-corrected chi connectivity index (χ2v) is 6.26. The summed E-state index contributed by atoms with van der Waals surface area (Å²) in [5.74, 6) is 0.234. The van der Waals surface area contributed by atoms with Crippen LogP contribution in [0.4, 0.5) is 0 Å². The first-order valence-corrected chi connectivity index (χ1v) is 7.50. The Morgan fingerprint density at radius 3 is 1.86 bits per heavy atom. The average Bonchev–Trinajstić information content (AvgIpc) is 2.51. The summed E-state index contributed by atoms with van der Waals surface area (Å²) in [6.07, 6.45) is 0.837. The van der Waals surface area contributed by atoms with Gasteiger partial charge in [-0.25, -0.2) is 0 Å². The van der Waals surface area contributed by atoms with Crippen LogP contribution in [0, 0.1) is 5.41 Å². The Morgan fingerprint density at radius 2 is 1.38 bits per heavy atom. The Hall–Kier alpha value is -2.15. The van der Waals surface area contributed by atoms with Crippen LogP contribution in [-0.4, -0.2) is 5.78 Å². The number of hydrogen-bond donors (Lipinski definition) is 0. The van der Waals surface area contributed by atoms with Crippen molar-refractivity contribution in [3.05, 3.63) is 60.2 Å². The second-order valence-electron chi connectivity index (χ2n) is 6.26. The van der Waals surface area contributed by atoms with Crippen molar-refractivity contribution >= 4 is 27.3 Å². The highest BCUT2D eigenvalue weighted by Gasteiger charge is 2.29. The molecule has 0 aliphatic carbocycles. The number of carbonyl (C=O) groups excluding carboxylic acids is 1. The quantitative estimate of drug-likeness (QED) is 0.448. The summed E-state index contributed by atoms with van der Waals surface area (Å²) < 4.78 is 0. The fourth-order valence-corrected chi connectivity index (χ4v) is 2.76. The van der Waals surface area contributed by atoms with Gasteiger partial charge in [-0.2, -0.15) is 0 Å². The van der Waals surface area contributed by atoms with Gasteiger partial charge in [0.15, 0.2) is 5.78 Å². The standard InChI is InChI=1S/C20H20O/c1-4-20(2,3)19(21)18-16-11-7-5-9-14(16)13-15-10-6-8-12-17(15)18/h5-13H,4H2,1-3H3. The van der Waals surface area contributed by atoms with E-state index in [1.807, 2.05) is 38.1 Å². The molecule has 0 heterocycles. The lowest BCUT2D eigenvalue weighted by molar-refractivity contribution is 0.0836. The van der Waals surface area contributed by atoms with Gasteiger partial charge >= 0.3 is 0 Å². The SMILES string of the molecule is CCC(C)(C)C(=O)c1c2ccccc2cc2ccccc12. The van der Waals surface area contributed by atoms with Crippen LogP contribution in [0.3, 0.4) is 0 Å². The van der Waals surface area contributed by atoms with Crippen molar-refractivity contribution in [1.82, 2.24) is 0 Å². The molecule has 3 aromatic carbocycles. The molecule has 0 saturated carbocycles. The summed E-state index contributed by atoms with van der Waals surface area (Å²) in [6.45, 7) is 6.14. The molecule has 0 N–H and O–H groups in total. The maximum absolute atomic E-state index is 13.1. The van der Waals surface area contributed by atoms with Gasteiger partial charge in [0, 0.05) is 11.0 Å². The predicted molar refractivity (Wildman–Crippen MR) is 89.9 cm³/mol. The molecule has 0 unspecified atom stereocenters. The number of hydrogen-bond acceptors (Lipinski definition) is 1. The molecule has 3 aromatic rings. The van der Waals surface area contributed by atoms with Crippen molar-refractivity contribution in [3.8, 4) is 0 Å². The zero-order valence-electron chi connectivity index (χ0n) is 12.8. The first-order chi connectivity index (χ1) is 10.0. The van der Waals surface area contributed by atoms with E-state index in [1.54, 1.807) is 0 Å². The van der Waals surface area contributed by atoms with Crippen LogP contribution < -0.4 is 0 Å². The Balaban J connectivity index is 2.43. The largest absolute Gasteiger partial charge is 0.294 e. The third-order valence-electron chi connectivity index (χ3n) is 4.50. The number of Topliss-reactive ketones (excluding diaryl/α,β-unsaturated/α-hetero) is 1. The topological polar surface area (TPSA) is 17.1 Å². The highest BCUT2D eigenvalue weighted by molar-refractivity contribution is 6.20. The predicted octanol–water partition coefficient (Wildman–Crippen LogP) is 5.61. The van der Waals surface area contributed by atoms with Crippen molar-refractivity contribution in [3.63, 3.8) is 0 Å². The summed E-state index contributed by atoms with van der Waals surface area (Å²) in [5.41, 5.74) is 0.530. The van der Waals surface area contributed by atoms with Gasteiger partial charge in [0.2, 0.25) is 0 Å². The first-order valence-electron chi connectivity index (χ1n) is 7.50. The Labute approximate surface area is 125 Å². The minimum Gasteiger partial charge on any atom is -0.294 e. The summed E-state index contributed by atoms with van der Waals surface area (Å²) in [7, 11) is 0. The Bertz CT molecular complexity index is 773. The van der Waals surface area contributed by atoms with Crippen LogP contribution in [0.5, 0.6) is 0 Å². The number of ketones is 1. The van der Waals surface area contributed by atoms with E-state index in [4.69, 9.17) is 0 Å². The highest BCUT2D eigenvalue weighted by atomic mass is 16.1. The van der Waals surface area contributed by atoms with E-state index in [-0.39, 0.29) is 11.2 Å². The number of benzene rings is 3. The molecule has 21 heavy (non-hydrogen) atoms. The first kappa shape index (κ1) is 13.8. The van der Waals surface area contributed by atoms with Gasteiger partial charge in [-0.1, -0.05) is 69.3 Å². The number of rotatable bonds is 3. The highest BCUT2D eigenvalue weighted by Crippen LogP contribution is 2.34. The van der Waals surface area contributed by atoms with Gasteiger partial charge in [0.1, 0.15) is 0 Å². The normalized spacial score (nSPS) is 12.0. The molecule has 106 valence electrons. The molecule has 1 heteroatoms. The molecule has 0 amide bonds. The van der Waals surface area contributed by atoms with Crippen molar-refractivity contribution in [1.29, 1.82) is 0 Å². The molecule has 0 atom stereocenters. The maximum atomic E-state index is 13.1. The zero-order valence-corrected chi connectivity index (χ0v) is 12.8. The van der Waals surface area contributed by atoms with Crippen LogP contribution in [0.2, 0.25) is 0 Å². The molecule has 0 bridgehead atoms. The Morgan fingerprint density at radius 1 is 0.905 bits per heavy atom. The third-order valence-corrected chi connectivity index (χ3v) is 4.50. The number of carbonyl (C=O) groups is 1. The summed E-state index contributed by atoms with van der Waals surface area (Å²) >= 11 is 0. The zero-order chi connectivity index (χ0) is 15.0. The van der Waals surface area contributed by atoms with Crippen LogP contribution in [0.25, 0.3) is 21.5 Å². The van der Waals surface area contributed by atoms with Gasteiger partial charge in [0.25, 0.3) is 0 Å². The fraction of sp³-hybridized carbons (Fsp3) is 0.250. The molecule has 3 rings (SSSR count). The molecular formula is C20H20O. The molecule has 0 aromatic heterocycles. The molecule has 0 fully saturated rings. The molecular weight excluding hydrogens is 256 g/mol. The lowest BCUT2D eigenvalue weighted by Crippen LogP contribution is -2.23. The van der Waals surface area contributed by atoms with E-state index < -0.39 is 0 Å². The van der Waals surface area contributed by atoms with Gasteiger partial charge in [-0.15, -0.1) is 0 Å². The maximum Gasteiger partial charge on any atom is 0.169 e. The van der Waals surface area contributed by atoms with E-state index in [1.165, 1.54) is 0 Å². The van der Waals surface area contributed by atoms with Crippen LogP contribution >= 0.6 is 0 Å². The van der Waals surface area contributed by atoms with E-state index in [0.717, 1.165) is 33.5 Å². The summed E-state index contributed by atoms with van der Waals surface area (Å²) in [5, 5.41) is 4.38. The molecule has 0 saturated heterocycles. The van der Waals surface area contributed by atoms with Crippen LogP contribution in [0.1, 0.15) is 37.6 Å². The van der Waals surface area contributed by atoms with E-state index >= 15 is 0 Å². The Kier molecular flexibility index (Phi) is 3.29. The second kappa shape index (κ2) is 5.00. The van der Waals surface area contributed by atoms with E-state index in [0.29, 0.717) is 0 Å². The summed E-state index contributed by atoms with van der Waals surface area (Å²) in [4.78, 5) is 13.1. The van der Waals surface area contributed by atoms with Gasteiger partial charge < -0.3 is 0 Å². The monoisotopic (exact) mass is 276 g/mol. The van der Waals surface area contributed by atoms with E-state index in [2.05, 4.69) is 37.3 Å². The van der Waals surface area contributed by atoms with E-state index in [9.17, 15) is 4.79 Å². The average molecular weight is 276 g/mol. The third kappa shape index (κ3) is 2.23. The molecule has 0 aliphatic rings. The van der Waals surface area contributed by atoms with Gasteiger partial charge in [-0.3, -0.25) is 4.79 Å². The van der Waals surface area contributed by atoms with Crippen molar-refractivity contribution < 1.29 is 4.79 Å². The van der Waals surface area contributed by atoms with Crippen molar-refractivity contribution in [2.45, 2.75) is 27.2 Å². The molecule has 1 nitrogen and oxygen atoms in total. The fourth-order valence-electron chi connectivity index (χ4n) is 2.76. The van der Waals surface area contributed by atoms with Crippen LogP contribution in [0.15, 0.2) is 54.6 Å². The molecule has 0 aliphatic heterocycles. The van der Waals surface area contributed by atoms with Crippen LogP contribution in [-0.2, 0) is 0 Å². The summed E-state index contributed by atoms with van der Waals surface area (Å²) in [6, 6.07) is 18.5. The van der Waals surface area contributed by atoms with Crippen molar-refractivity contribution in [2.75, 3.05) is 0 Å². The molecule has 0 radical (unpaired) electrons. The van der Waals surface area contributed by atoms with Crippen molar-refractivity contribution in [2.24, 2.45) is 5.41 Å². The van der Waals surface area contributed by atoms with Gasteiger partial charge in [0.05, 0.1) is 0 Å². The minimum atomic E-state index is -0.340. The lowest BCUT2D eigenvalue weighted by Gasteiger charge is -2.23. The lowest BCUT2D eigenvalue weighted by atomic mass is 9.79. The van der Waals surface area contributed by atoms with Gasteiger partial charge in [-0.05, 0) is 34.0 Å². The smallest absolute Gasteiger partial charge is 0.169 e.